The fourth-order valence-corrected chi connectivity index (χ4v) is 2.79. The highest BCUT2D eigenvalue weighted by Gasteiger charge is 2.23. The number of hydrogen-bond acceptors (Lipinski definition) is 9. The van der Waals surface area contributed by atoms with Crippen LogP contribution in [0.3, 0.4) is 0 Å². The highest BCUT2D eigenvalue weighted by atomic mass is 16.4. The second kappa shape index (κ2) is 9.70. The number of ketones is 2. The second-order valence-corrected chi connectivity index (χ2v) is 6.21. The lowest BCUT2D eigenvalue weighted by Crippen LogP contribution is -2.12. The van der Waals surface area contributed by atoms with Crippen molar-refractivity contribution in [3.05, 3.63) is 82.4 Å². The molecule has 0 aliphatic carbocycles. The lowest BCUT2D eigenvalue weighted by molar-refractivity contribution is -0.191. The zero-order valence-electron chi connectivity index (χ0n) is 16.0. The van der Waals surface area contributed by atoms with Gasteiger partial charge in [0.25, 0.3) is 0 Å². The molecule has 0 atom stereocenters. The fourth-order valence-electron chi connectivity index (χ4n) is 2.79. The standard InChI is InChI=1S/C21H14O8.CO2/c22-11-2-5-14(17(24)8-11)19(26)10-1-4-13(16(7-10)21(28)29)20(27)15-6-3-12(23)9-18(15)25;2-1-3/h1-9,22-25H,(H,28,29);. The molecule has 0 unspecified atom stereocenters. The topological polar surface area (TPSA) is 186 Å². The average Bonchev–Trinajstić information content (AvgIpc) is 2.73. The van der Waals surface area contributed by atoms with Crippen molar-refractivity contribution in [2.75, 3.05) is 0 Å². The van der Waals surface area contributed by atoms with Crippen LogP contribution in [0.4, 0.5) is 0 Å². The minimum atomic E-state index is -1.48. The van der Waals surface area contributed by atoms with Gasteiger partial charge >= 0.3 is 12.1 Å². The molecule has 0 aromatic heterocycles. The van der Waals surface area contributed by atoms with Crippen LogP contribution in [0.15, 0.2) is 54.6 Å². The van der Waals surface area contributed by atoms with Crippen molar-refractivity contribution in [1.82, 2.24) is 0 Å². The SMILES string of the molecule is O=C(c1ccc(C(=O)c2ccc(O)cc2O)c(C(=O)O)c1)c1ccc(O)cc1O.O=C=O. The summed E-state index contributed by atoms with van der Waals surface area (Å²) in [7, 11) is 0. The quantitative estimate of drug-likeness (QED) is 0.369. The monoisotopic (exact) mass is 438 g/mol. The molecule has 0 saturated heterocycles. The first kappa shape index (κ1) is 23.3. The molecule has 0 saturated carbocycles. The average molecular weight is 438 g/mol. The smallest absolute Gasteiger partial charge is 0.373 e. The van der Waals surface area contributed by atoms with E-state index < -0.39 is 34.6 Å². The summed E-state index contributed by atoms with van der Waals surface area (Å²) in [5.41, 5.74) is -1.23. The Morgan fingerprint density at radius 2 is 1.03 bits per heavy atom. The third-order valence-electron chi connectivity index (χ3n) is 4.21. The Morgan fingerprint density at radius 3 is 1.47 bits per heavy atom. The van der Waals surface area contributed by atoms with Crippen LogP contribution < -0.4 is 0 Å². The lowest BCUT2D eigenvalue weighted by Gasteiger charge is -2.10. The summed E-state index contributed by atoms with van der Waals surface area (Å²) < 4.78 is 0. The summed E-state index contributed by atoms with van der Waals surface area (Å²) in [5, 5.41) is 47.9. The van der Waals surface area contributed by atoms with Gasteiger partial charge in [-0.25, -0.2) is 4.79 Å². The van der Waals surface area contributed by atoms with Gasteiger partial charge in [0.05, 0.1) is 16.7 Å². The van der Waals surface area contributed by atoms with Crippen molar-refractivity contribution in [3.8, 4) is 23.0 Å². The van der Waals surface area contributed by atoms with E-state index in [0.717, 1.165) is 30.3 Å². The zero-order valence-corrected chi connectivity index (χ0v) is 16.0. The molecule has 0 aliphatic heterocycles. The van der Waals surface area contributed by atoms with Gasteiger partial charge < -0.3 is 25.5 Å². The van der Waals surface area contributed by atoms with E-state index >= 15 is 0 Å². The van der Waals surface area contributed by atoms with Gasteiger partial charge in [-0.3, -0.25) is 9.59 Å². The van der Waals surface area contributed by atoms with Crippen LogP contribution in [-0.4, -0.2) is 49.2 Å². The van der Waals surface area contributed by atoms with Crippen molar-refractivity contribution in [2.45, 2.75) is 0 Å². The Hall–Kier alpha value is -4.95. The van der Waals surface area contributed by atoms with E-state index in [1.807, 2.05) is 0 Å². The van der Waals surface area contributed by atoms with Gasteiger partial charge in [0.15, 0.2) is 11.6 Å². The number of carboxylic acids is 1. The molecular weight excluding hydrogens is 424 g/mol. The van der Waals surface area contributed by atoms with Crippen LogP contribution >= 0.6 is 0 Å². The molecule has 10 heteroatoms. The van der Waals surface area contributed by atoms with E-state index in [-0.39, 0.29) is 39.9 Å². The van der Waals surface area contributed by atoms with E-state index in [0.29, 0.717) is 0 Å². The van der Waals surface area contributed by atoms with E-state index in [4.69, 9.17) is 9.59 Å². The van der Waals surface area contributed by atoms with E-state index in [9.17, 15) is 39.9 Å². The highest BCUT2D eigenvalue weighted by Crippen LogP contribution is 2.28. The Bertz CT molecular complexity index is 1250. The van der Waals surface area contributed by atoms with Gasteiger partial charge in [0.2, 0.25) is 0 Å². The number of hydrogen-bond donors (Lipinski definition) is 5. The first-order chi connectivity index (χ1) is 15.1. The van der Waals surface area contributed by atoms with Crippen LogP contribution in [0.5, 0.6) is 23.0 Å². The van der Waals surface area contributed by atoms with Gasteiger partial charge in [-0.15, -0.1) is 0 Å². The van der Waals surface area contributed by atoms with Gasteiger partial charge in [-0.1, -0.05) is 6.07 Å². The van der Waals surface area contributed by atoms with Crippen LogP contribution in [0.1, 0.15) is 42.2 Å². The summed E-state index contributed by atoms with van der Waals surface area (Å²) in [6.07, 6.45) is 0.250. The van der Waals surface area contributed by atoms with E-state index in [1.54, 1.807) is 0 Å². The molecule has 32 heavy (non-hydrogen) atoms. The van der Waals surface area contributed by atoms with E-state index in [1.165, 1.54) is 24.3 Å². The number of carbonyl (C=O) groups excluding carboxylic acids is 4. The third-order valence-corrected chi connectivity index (χ3v) is 4.21. The minimum absolute atomic E-state index is 0.102. The van der Waals surface area contributed by atoms with Gasteiger partial charge in [0.1, 0.15) is 23.0 Å². The highest BCUT2D eigenvalue weighted by molar-refractivity contribution is 6.17. The second-order valence-electron chi connectivity index (χ2n) is 6.21. The molecule has 5 N–H and O–H groups in total. The molecule has 0 spiro atoms. The van der Waals surface area contributed by atoms with Crippen LogP contribution in [0.2, 0.25) is 0 Å². The Kier molecular flexibility index (Phi) is 7.07. The summed E-state index contributed by atoms with van der Waals surface area (Å²) in [4.78, 5) is 53.2. The normalized spacial score (nSPS) is 9.75. The largest absolute Gasteiger partial charge is 0.508 e. The van der Waals surface area contributed by atoms with Crippen LogP contribution in [0.25, 0.3) is 0 Å². The minimum Gasteiger partial charge on any atom is -0.508 e. The first-order valence-corrected chi connectivity index (χ1v) is 8.60. The zero-order chi connectivity index (χ0) is 24.0. The predicted octanol–water partition coefficient (Wildman–Crippen LogP) is 2.09. The van der Waals surface area contributed by atoms with Gasteiger partial charge in [-0.05, 0) is 36.4 Å². The van der Waals surface area contributed by atoms with Crippen molar-refractivity contribution in [3.63, 3.8) is 0 Å². The number of carbonyl (C=O) groups is 3. The number of carboxylic acid groups (broad SMARTS) is 1. The third kappa shape index (κ3) is 4.96. The number of aromatic hydroxyl groups is 4. The maximum absolute atomic E-state index is 12.7. The molecule has 3 aromatic carbocycles. The van der Waals surface area contributed by atoms with Gasteiger partial charge in [0, 0.05) is 23.3 Å². The van der Waals surface area contributed by atoms with Crippen LogP contribution in [0, 0.1) is 0 Å². The molecular formula is C22H14O10. The summed E-state index contributed by atoms with van der Waals surface area (Å²) >= 11 is 0. The Morgan fingerprint density at radius 1 is 0.594 bits per heavy atom. The molecule has 0 bridgehead atoms. The molecule has 0 aliphatic rings. The molecule has 10 nitrogen and oxygen atoms in total. The van der Waals surface area contributed by atoms with Gasteiger partial charge in [-0.2, -0.15) is 9.59 Å². The number of benzene rings is 3. The molecule has 3 rings (SSSR count). The maximum Gasteiger partial charge on any atom is 0.373 e. The number of phenols is 4. The molecule has 0 fully saturated rings. The number of rotatable bonds is 5. The number of aromatic carboxylic acids is 1. The van der Waals surface area contributed by atoms with Crippen molar-refractivity contribution >= 4 is 23.7 Å². The van der Waals surface area contributed by atoms with Crippen molar-refractivity contribution < 1.29 is 49.5 Å². The summed E-state index contributed by atoms with van der Waals surface area (Å²) in [5.74, 6) is -4.53. The molecule has 0 heterocycles. The summed E-state index contributed by atoms with van der Waals surface area (Å²) in [6, 6.07) is 9.93. The first-order valence-electron chi connectivity index (χ1n) is 8.60. The molecule has 3 aromatic rings. The molecule has 162 valence electrons. The lowest BCUT2D eigenvalue weighted by atomic mass is 9.93. The predicted molar refractivity (Wildman–Crippen MR) is 105 cm³/mol. The van der Waals surface area contributed by atoms with E-state index in [2.05, 4.69) is 0 Å². The van der Waals surface area contributed by atoms with Crippen molar-refractivity contribution in [2.24, 2.45) is 0 Å². The van der Waals surface area contributed by atoms with Crippen molar-refractivity contribution in [1.29, 1.82) is 0 Å². The maximum atomic E-state index is 12.7. The Labute approximate surface area is 179 Å². The Balaban J connectivity index is 0.00000114. The molecule has 0 radical (unpaired) electrons. The summed E-state index contributed by atoms with van der Waals surface area (Å²) in [6.45, 7) is 0. The number of phenolic OH excluding ortho intramolecular Hbond substituents is 4. The fraction of sp³-hybridized carbons (Fsp3) is 0. The van der Waals surface area contributed by atoms with Crippen LogP contribution in [-0.2, 0) is 9.59 Å². The molecule has 0 amide bonds.